The maximum absolute atomic E-state index is 11.3. The summed E-state index contributed by atoms with van der Waals surface area (Å²) in [4.78, 5) is 11.3. The second kappa shape index (κ2) is 5.22. The van der Waals surface area contributed by atoms with Crippen molar-refractivity contribution in [1.29, 1.82) is 0 Å². The lowest BCUT2D eigenvalue weighted by atomic mass is 9.92. The Hall–Kier alpha value is -0.570. The first-order chi connectivity index (χ1) is 5.85. The van der Waals surface area contributed by atoms with E-state index in [4.69, 9.17) is 5.11 Å². The zero-order valence-corrected chi connectivity index (χ0v) is 9.05. The topological polar surface area (TPSA) is 49.3 Å². The molecule has 0 rings (SSSR count). The Balaban J connectivity index is 3.64. The van der Waals surface area contributed by atoms with Crippen molar-refractivity contribution in [1.82, 2.24) is 5.32 Å². The Morgan fingerprint density at radius 1 is 1.46 bits per heavy atom. The summed E-state index contributed by atoms with van der Waals surface area (Å²) in [6.07, 6.45) is 0.533. The van der Waals surface area contributed by atoms with E-state index < -0.39 is 0 Å². The molecule has 0 aliphatic carbocycles. The van der Waals surface area contributed by atoms with Crippen LogP contribution in [0.2, 0.25) is 0 Å². The predicted octanol–water partition coefficient (Wildman–Crippen LogP) is 1.17. The van der Waals surface area contributed by atoms with Crippen LogP contribution in [0.3, 0.4) is 0 Å². The second-order valence-electron chi connectivity index (χ2n) is 4.83. The van der Waals surface area contributed by atoms with E-state index in [0.717, 1.165) is 0 Å². The van der Waals surface area contributed by atoms with Crippen molar-refractivity contribution in [2.24, 2.45) is 11.3 Å². The summed E-state index contributed by atoms with van der Waals surface area (Å²) in [7, 11) is 0. The molecule has 3 nitrogen and oxygen atoms in total. The first-order valence-electron chi connectivity index (χ1n) is 4.72. The fraction of sp³-hybridized carbons (Fsp3) is 0.900. The summed E-state index contributed by atoms with van der Waals surface area (Å²) < 4.78 is 0. The molecule has 0 heterocycles. The highest BCUT2D eigenvalue weighted by Crippen LogP contribution is 2.17. The van der Waals surface area contributed by atoms with E-state index >= 15 is 0 Å². The summed E-state index contributed by atoms with van der Waals surface area (Å²) in [6, 6.07) is 0. The number of nitrogens with one attached hydrogen (secondary N) is 1. The molecule has 2 N–H and O–H groups in total. The molecule has 0 fully saturated rings. The Bertz CT molecular complexity index is 161. The highest BCUT2D eigenvalue weighted by atomic mass is 16.3. The minimum Gasteiger partial charge on any atom is -0.396 e. The molecule has 0 saturated carbocycles. The Kier molecular flexibility index (Phi) is 4.99. The molecule has 0 aromatic rings. The van der Waals surface area contributed by atoms with Crippen LogP contribution in [0, 0.1) is 11.3 Å². The highest BCUT2D eigenvalue weighted by Gasteiger charge is 2.15. The molecular weight excluding hydrogens is 166 g/mol. The molecule has 1 atom stereocenters. The number of amides is 1. The minimum atomic E-state index is 0.0343. The van der Waals surface area contributed by atoms with E-state index in [1.54, 1.807) is 0 Å². The third-order valence-corrected chi connectivity index (χ3v) is 1.65. The van der Waals surface area contributed by atoms with Crippen LogP contribution in [-0.2, 0) is 4.79 Å². The fourth-order valence-electron chi connectivity index (χ4n) is 0.897. The number of carbonyl (C=O) groups is 1. The van der Waals surface area contributed by atoms with E-state index in [1.807, 2.05) is 27.7 Å². The summed E-state index contributed by atoms with van der Waals surface area (Å²) >= 11 is 0. The molecule has 0 bridgehead atoms. The van der Waals surface area contributed by atoms with Gasteiger partial charge >= 0.3 is 0 Å². The average Bonchev–Trinajstić information content (AvgIpc) is 1.97. The summed E-state index contributed by atoms with van der Waals surface area (Å²) in [5, 5.41) is 11.5. The predicted molar refractivity (Wildman–Crippen MR) is 53.3 cm³/mol. The van der Waals surface area contributed by atoms with Crippen LogP contribution in [-0.4, -0.2) is 24.2 Å². The lowest BCUT2D eigenvalue weighted by Gasteiger charge is -2.18. The normalized spacial score (nSPS) is 13.9. The number of aliphatic hydroxyl groups is 1. The van der Waals surface area contributed by atoms with Crippen molar-refractivity contribution >= 4 is 5.91 Å². The van der Waals surface area contributed by atoms with E-state index in [2.05, 4.69) is 5.32 Å². The average molecular weight is 187 g/mol. The Labute approximate surface area is 80.5 Å². The van der Waals surface area contributed by atoms with Crippen molar-refractivity contribution < 1.29 is 9.90 Å². The van der Waals surface area contributed by atoms with Gasteiger partial charge in [0.05, 0.1) is 0 Å². The molecule has 0 aromatic carbocycles. The van der Waals surface area contributed by atoms with Gasteiger partial charge in [0.1, 0.15) is 0 Å². The standard InChI is InChI=1S/C10H21NO2/c1-8(7-12)6-11-9(13)5-10(2,3)4/h8,12H,5-7H2,1-4H3,(H,11,13). The van der Waals surface area contributed by atoms with Crippen LogP contribution in [0.4, 0.5) is 0 Å². The minimum absolute atomic E-state index is 0.0343. The van der Waals surface area contributed by atoms with Gasteiger partial charge in [-0.2, -0.15) is 0 Å². The van der Waals surface area contributed by atoms with Crippen molar-refractivity contribution in [3.05, 3.63) is 0 Å². The molecule has 0 aromatic heterocycles. The van der Waals surface area contributed by atoms with Gasteiger partial charge in [-0.3, -0.25) is 4.79 Å². The van der Waals surface area contributed by atoms with Crippen molar-refractivity contribution in [2.45, 2.75) is 34.1 Å². The van der Waals surface area contributed by atoms with E-state index in [-0.39, 0.29) is 23.8 Å². The quantitative estimate of drug-likeness (QED) is 0.694. The summed E-state index contributed by atoms with van der Waals surface area (Å²) in [6.45, 7) is 8.67. The summed E-state index contributed by atoms with van der Waals surface area (Å²) in [5.74, 6) is 0.205. The van der Waals surface area contributed by atoms with Crippen LogP contribution < -0.4 is 5.32 Å². The van der Waals surface area contributed by atoms with Gasteiger partial charge in [0.15, 0.2) is 0 Å². The van der Waals surface area contributed by atoms with Crippen molar-refractivity contribution in [3.8, 4) is 0 Å². The smallest absolute Gasteiger partial charge is 0.220 e. The molecule has 1 unspecified atom stereocenters. The van der Waals surface area contributed by atoms with Crippen LogP contribution in [0.1, 0.15) is 34.1 Å². The highest BCUT2D eigenvalue weighted by molar-refractivity contribution is 5.76. The number of hydrogen-bond acceptors (Lipinski definition) is 2. The molecule has 78 valence electrons. The van der Waals surface area contributed by atoms with Gasteiger partial charge in [0.25, 0.3) is 0 Å². The third-order valence-electron chi connectivity index (χ3n) is 1.65. The number of carbonyl (C=O) groups excluding carboxylic acids is 1. The number of hydrogen-bond donors (Lipinski definition) is 2. The summed E-state index contributed by atoms with van der Waals surface area (Å²) in [5.41, 5.74) is 0.0343. The van der Waals surface area contributed by atoms with E-state index in [1.165, 1.54) is 0 Å². The van der Waals surface area contributed by atoms with Crippen LogP contribution >= 0.6 is 0 Å². The van der Waals surface area contributed by atoms with Gasteiger partial charge < -0.3 is 10.4 Å². The van der Waals surface area contributed by atoms with Gasteiger partial charge in [0, 0.05) is 19.6 Å². The van der Waals surface area contributed by atoms with Gasteiger partial charge in [-0.05, 0) is 11.3 Å². The molecule has 0 saturated heterocycles. The van der Waals surface area contributed by atoms with Crippen LogP contribution in [0.15, 0.2) is 0 Å². The second-order valence-corrected chi connectivity index (χ2v) is 4.83. The first-order valence-corrected chi connectivity index (χ1v) is 4.72. The maximum atomic E-state index is 11.3. The van der Waals surface area contributed by atoms with E-state index in [9.17, 15) is 4.79 Å². The maximum Gasteiger partial charge on any atom is 0.220 e. The molecule has 1 amide bonds. The lowest BCUT2D eigenvalue weighted by molar-refractivity contribution is -0.123. The molecule has 0 radical (unpaired) electrons. The van der Waals surface area contributed by atoms with Crippen LogP contribution in [0.25, 0.3) is 0 Å². The van der Waals surface area contributed by atoms with Crippen molar-refractivity contribution in [2.75, 3.05) is 13.2 Å². The van der Waals surface area contributed by atoms with Gasteiger partial charge in [0.2, 0.25) is 5.91 Å². The molecule has 3 heteroatoms. The molecular formula is C10H21NO2. The molecule has 0 spiro atoms. The third kappa shape index (κ3) is 7.78. The molecule has 0 aliphatic heterocycles. The largest absolute Gasteiger partial charge is 0.396 e. The first kappa shape index (κ1) is 12.4. The lowest BCUT2D eigenvalue weighted by Crippen LogP contribution is -2.32. The fourth-order valence-corrected chi connectivity index (χ4v) is 0.897. The molecule has 13 heavy (non-hydrogen) atoms. The van der Waals surface area contributed by atoms with Gasteiger partial charge in [-0.1, -0.05) is 27.7 Å². The van der Waals surface area contributed by atoms with Gasteiger partial charge in [-0.25, -0.2) is 0 Å². The van der Waals surface area contributed by atoms with Crippen LogP contribution in [0.5, 0.6) is 0 Å². The molecule has 0 aliphatic rings. The number of rotatable bonds is 4. The van der Waals surface area contributed by atoms with E-state index in [0.29, 0.717) is 13.0 Å². The Morgan fingerprint density at radius 2 is 2.00 bits per heavy atom. The van der Waals surface area contributed by atoms with Gasteiger partial charge in [-0.15, -0.1) is 0 Å². The SMILES string of the molecule is CC(CO)CNC(=O)CC(C)(C)C. The number of aliphatic hydroxyl groups excluding tert-OH is 1. The van der Waals surface area contributed by atoms with Crippen molar-refractivity contribution in [3.63, 3.8) is 0 Å². The monoisotopic (exact) mass is 187 g/mol. The zero-order valence-electron chi connectivity index (χ0n) is 9.05. The Morgan fingerprint density at radius 3 is 2.38 bits per heavy atom. The zero-order chi connectivity index (χ0) is 10.5.